The van der Waals surface area contributed by atoms with Crippen molar-refractivity contribution in [2.24, 2.45) is 0 Å². The van der Waals surface area contributed by atoms with E-state index in [0.717, 1.165) is 4.68 Å². The highest BCUT2D eigenvalue weighted by atomic mass is 16.6. The molecule has 110 valence electrons. The second-order valence-corrected chi connectivity index (χ2v) is 4.59. The molecule has 2 aromatic rings. The van der Waals surface area contributed by atoms with Gasteiger partial charge in [0.25, 0.3) is 0 Å². The van der Waals surface area contributed by atoms with Crippen molar-refractivity contribution in [3.05, 3.63) is 12.0 Å². The fourth-order valence-electron chi connectivity index (χ4n) is 2.33. The molecule has 0 unspecified atom stereocenters. The summed E-state index contributed by atoms with van der Waals surface area (Å²) in [5.74, 6) is 0.0783. The molecule has 0 saturated carbocycles. The van der Waals surface area contributed by atoms with Crippen LogP contribution in [0.15, 0.2) is 6.33 Å². The van der Waals surface area contributed by atoms with E-state index in [1.807, 2.05) is 6.07 Å². The lowest BCUT2D eigenvalue weighted by Gasteiger charge is -2.15. The van der Waals surface area contributed by atoms with Gasteiger partial charge in [0, 0.05) is 0 Å². The van der Waals surface area contributed by atoms with E-state index in [2.05, 4.69) is 15.1 Å². The molecule has 0 aliphatic carbocycles. The van der Waals surface area contributed by atoms with Gasteiger partial charge in [-0.15, -0.1) is 0 Å². The summed E-state index contributed by atoms with van der Waals surface area (Å²) in [6.07, 6.45) is -3.44. The molecule has 0 bridgehead atoms. The third-order valence-corrected chi connectivity index (χ3v) is 3.38. The van der Waals surface area contributed by atoms with Gasteiger partial charge < -0.3 is 25.8 Å². The molecule has 0 aromatic carbocycles. The first-order valence-electron chi connectivity index (χ1n) is 6.09. The Morgan fingerprint density at radius 3 is 2.76 bits per heavy atom. The average Bonchev–Trinajstić information content (AvgIpc) is 2.99. The van der Waals surface area contributed by atoms with Crippen LogP contribution in [0.1, 0.15) is 11.9 Å². The average molecular weight is 292 g/mol. The number of nitrogens with two attached hydrogens (primary N) is 1. The van der Waals surface area contributed by atoms with E-state index in [0.29, 0.717) is 0 Å². The molecule has 0 spiro atoms. The van der Waals surface area contributed by atoms with Crippen LogP contribution in [-0.2, 0) is 4.74 Å². The van der Waals surface area contributed by atoms with E-state index in [1.54, 1.807) is 0 Å². The van der Waals surface area contributed by atoms with Gasteiger partial charge in [-0.3, -0.25) is 0 Å². The van der Waals surface area contributed by atoms with Crippen molar-refractivity contribution in [1.82, 2.24) is 19.7 Å². The summed E-state index contributed by atoms with van der Waals surface area (Å²) in [6.45, 7) is -0.462. The number of rotatable bonds is 2. The minimum Gasteiger partial charge on any atom is -0.394 e. The second kappa shape index (κ2) is 4.90. The Morgan fingerprint density at radius 2 is 2.14 bits per heavy atom. The molecule has 1 saturated heterocycles. The van der Waals surface area contributed by atoms with Crippen molar-refractivity contribution in [2.75, 3.05) is 12.3 Å². The summed E-state index contributed by atoms with van der Waals surface area (Å²) in [5.41, 5.74) is 5.90. The zero-order valence-electron chi connectivity index (χ0n) is 10.7. The molecule has 0 radical (unpaired) electrons. The van der Waals surface area contributed by atoms with E-state index in [4.69, 9.17) is 20.8 Å². The summed E-state index contributed by atoms with van der Waals surface area (Å²) >= 11 is 0. The Hall–Kier alpha value is -2.32. The molecule has 3 heterocycles. The third kappa shape index (κ3) is 1.91. The van der Waals surface area contributed by atoms with Crippen LogP contribution in [0.4, 0.5) is 5.82 Å². The fraction of sp³-hybridized carbons (Fsp3) is 0.455. The maximum atomic E-state index is 10.0. The van der Waals surface area contributed by atoms with Gasteiger partial charge in [0.15, 0.2) is 17.6 Å². The lowest BCUT2D eigenvalue weighted by molar-refractivity contribution is -0.0567. The van der Waals surface area contributed by atoms with Crippen LogP contribution in [0.3, 0.4) is 0 Å². The maximum absolute atomic E-state index is 10.0. The van der Waals surface area contributed by atoms with E-state index in [9.17, 15) is 10.2 Å². The van der Waals surface area contributed by atoms with E-state index in [1.165, 1.54) is 6.33 Å². The molecule has 10 heteroatoms. The van der Waals surface area contributed by atoms with Crippen LogP contribution in [0.5, 0.6) is 0 Å². The molecule has 1 aliphatic rings. The summed E-state index contributed by atoms with van der Waals surface area (Å²) in [6, 6.07) is 1.86. The first-order chi connectivity index (χ1) is 10.1. The van der Waals surface area contributed by atoms with Crippen molar-refractivity contribution in [3.63, 3.8) is 0 Å². The first kappa shape index (κ1) is 13.7. The molecule has 3 rings (SSSR count). The van der Waals surface area contributed by atoms with Crippen LogP contribution in [0.2, 0.25) is 0 Å². The van der Waals surface area contributed by atoms with Crippen molar-refractivity contribution >= 4 is 16.9 Å². The van der Waals surface area contributed by atoms with Crippen molar-refractivity contribution in [3.8, 4) is 6.07 Å². The quantitative estimate of drug-likeness (QED) is 0.485. The molecule has 2 aromatic heterocycles. The Kier molecular flexibility index (Phi) is 3.19. The van der Waals surface area contributed by atoms with E-state index >= 15 is 0 Å². The van der Waals surface area contributed by atoms with Crippen LogP contribution >= 0.6 is 0 Å². The van der Waals surface area contributed by atoms with Crippen molar-refractivity contribution in [1.29, 1.82) is 5.26 Å². The van der Waals surface area contributed by atoms with Crippen LogP contribution < -0.4 is 5.73 Å². The molecule has 0 amide bonds. The van der Waals surface area contributed by atoms with Gasteiger partial charge in [0.2, 0.25) is 0 Å². The minimum atomic E-state index is -1.33. The zero-order chi connectivity index (χ0) is 15.1. The SMILES string of the molecule is N#Cc1nn([C@@H]2O[C@@H](CO)[C@@H](O)[C@H]2O)c2ncnc(N)c12. The van der Waals surface area contributed by atoms with E-state index in [-0.39, 0.29) is 22.5 Å². The number of aromatic nitrogens is 4. The fourth-order valence-corrected chi connectivity index (χ4v) is 2.33. The molecule has 10 nitrogen and oxygen atoms in total. The minimum absolute atomic E-state index is 0.0131. The molecule has 1 aliphatic heterocycles. The highest BCUT2D eigenvalue weighted by molar-refractivity contribution is 5.90. The number of hydrogen-bond donors (Lipinski definition) is 4. The lowest BCUT2D eigenvalue weighted by Crippen LogP contribution is -2.33. The molecule has 21 heavy (non-hydrogen) atoms. The maximum Gasteiger partial charge on any atom is 0.181 e. The number of nitrogens with zero attached hydrogens (tertiary/aromatic N) is 5. The molecule has 4 atom stereocenters. The summed E-state index contributed by atoms with van der Waals surface area (Å²) < 4.78 is 6.53. The number of fused-ring (bicyclic) bond motifs is 1. The summed E-state index contributed by atoms with van der Waals surface area (Å²) in [5, 5.41) is 42.3. The predicted octanol–water partition coefficient (Wildman–Crippen LogP) is -2.11. The zero-order valence-corrected chi connectivity index (χ0v) is 10.7. The summed E-state index contributed by atoms with van der Waals surface area (Å²) in [7, 11) is 0. The van der Waals surface area contributed by atoms with Crippen molar-refractivity contribution < 1.29 is 20.1 Å². The number of aliphatic hydroxyl groups excluding tert-OH is 3. The molecular weight excluding hydrogens is 280 g/mol. The van der Waals surface area contributed by atoms with Crippen LogP contribution in [-0.4, -0.2) is 60.0 Å². The predicted molar refractivity (Wildman–Crippen MR) is 67.5 cm³/mol. The molecule has 1 fully saturated rings. The largest absolute Gasteiger partial charge is 0.394 e. The van der Waals surface area contributed by atoms with Crippen molar-refractivity contribution in [2.45, 2.75) is 24.5 Å². The van der Waals surface area contributed by atoms with Gasteiger partial charge >= 0.3 is 0 Å². The number of nitrogen functional groups attached to an aromatic ring is 1. The van der Waals surface area contributed by atoms with Gasteiger partial charge in [-0.25, -0.2) is 14.6 Å². The van der Waals surface area contributed by atoms with Gasteiger partial charge in [-0.1, -0.05) is 0 Å². The van der Waals surface area contributed by atoms with Gasteiger partial charge in [0.05, 0.1) is 12.0 Å². The standard InChI is InChI=1S/C11H12N6O4/c12-1-4-6-9(13)14-3-15-10(6)17(16-4)11-8(20)7(19)5(2-18)21-11/h3,5,7-8,11,18-20H,2H2,(H2,13,14,15)/t5-,7+,8+,11+/m0/s1. The Morgan fingerprint density at radius 1 is 1.38 bits per heavy atom. The summed E-state index contributed by atoms with van der Waals surface area (Å²) in [4.78, 5) is 7.78. The normalized spacial score (nSPS) is 28.9. The van der Waals surface area contributed by atoms with Crippen LogP contribution in [0, 0.1) is 11.3 Å². The second-order valence-electron chi connectivity index (χ2n) is 4.59. The highest BCUT2D eigenvalue weighted by Crippen LogP contribution is 2.32. The first-order valence-corrected chi connectivity index (χ1v) is 6.09. The highest BCUT2D eigenvalue weighted by Gasteiger charge is 2.44. The number of aliphatic hydroxyl groups is 3. The van der Waals surface area contributed by atoms with Gasteiger partial charge in [-0.05, 0) is 0 Å². The topological polar surface area (TPSA) is 163 Å². The van der Waals surface area contributed by atoms with Gasteiger partial charge in [-0.2, -0.15) is 10.4 Å². The Balaban J connectivity index is 2.14. The molecular formula is C11H12N6O4. The number of hydrogen-bond acceptors (Lipinski definition) is 9. The number of anilines is 1. The molecule has 5 N–H and O–H groups in total. The lowest BCUT2D eigenvalue weighted by atomic mass is 10.1. The smallest absolute Gasteiger partial charge is 0.181 e. The number of ether oxygens (including phenoxy) is 1. The Labute approximate surface area is 118 Å². The van der Waals surface area contributed by atoms with Crippen LogP contribution in [0.25, 0.3) is 11.0 Å². The number of nitriles is 1. The monoisotopic (exact) mass is 292 g/mol. The Bertz CT molecular complexity index is 725. The van der Waals surface area contributed by atoms with E-state index < -0.39 is 31.1 Å². The van der Waals surface area contributed by atoms with Gasteiger partial charge in [0.1, 0.15) is 36.5 Å². The third-order valence-electron chi connectivity index (χ3n) is 3.38.